The van der Waals surface area contributed by atoms with Crippen molar-refractivity contribution >= 4 is 22.7 Å². The van der Waals surface area contributed by atoms with Gasteiger partial charge in [-0.2, -0.15) is 0 Å². The number of hydrogen-bond donors (Lipinski definition) is 2. The van der Waals surface area contributed by atoms with Gasteiger partial charge in [0, 0.05) is 18.1 Å². The third-order valence-electron chi connectivity index (χ3n) is 3.22. The van der Waals surface area contributed by atoms with Gasteiger partial charge in [-0.25, -0.2) is 0 Å². The molecule has 1 aliphatic heterocycles. The third-order valence-corrected chi connectivity index (χ3v) is 3.22. The number of fused-ring (bicyclic) bond motifs is 1. The second kappa shape index (κ2) is 4.78. The molecule has 1 unspecified atom stereocenters. The van der Waals surface area contributed by atoms with Crippen LogP contribution in [0, 0.1) is 0 Å². The summed E-state index contributed by atoms with van der Waals surface area (Å²) in [6.07, 6.45) is 1.95. The number of imide groups is 1. The number of rotatable bonds is 3. The molecular formula is C14H13N3O2. The Hall–Kier alpha value is -2.27. The van der Waals surface area contributed by atoms with Gasteiger partial charge in [-0.3, -0.25) is 19.9 Å². The van der Waals surface area contributed by atoms with Gasteiger partial charge in [0.25, 0.3) is 0 Å². The Morgan fingerprint density at radius 2 is 2.11 bits per heavy atom. The van der Waals surface area contributed by atoms with E-state index in [1.54, 1.807) is 6.20 Å². The van der Waals surface area contributed by atoms with Crippen molar-refractivity contribution in [2.24, 2.45) is 0 Å². The van der Waals surface area contributed by atoms with Crippen LogP contribution in [0.4, 0.5) is 0 Å². The minimum absolute atomic E-state index is 0.205. The van der Waals surface area contributed by atoms with Crippen molar-refractivity contribution < 1.29 is 9.59 Å². The van der Waals surface area contributed by atoms with E-state index in [1.807, 2.05) is 30.3 Å². The topological polar surface area (TPSA) is 71.1 Å². The molecule has 19 heavy (non-hydrogen) atoms. The lowest BCUT2D eigenvalue weighted by molar-refractivity contribution is -0.125. The Kier molecular flexibility index (Phi) is 2.97. The maximum atomic E-state index is 11.5. The van der Waals surface area contributed by atoms with Gasteiger partial charge in [-0.1, -0.05) is 24.3 Å². The van der Waals surface area contributed by atoms with Crippen LogP contribution in [0.3, 0.4) is 0 Å². The van der Waals surface area contributed by atoms with Gasteiger partial charge in [0.1, 0.15) is 0 Å². The predicted octanol–water partition coefficient (Wildman–Crippen LogP) is 0.739. The summed E-state index contributed by atoms with van der Waals surface area (Å²) in [4.78, 5) is 26.9. The Morgan fingerprint density at radius 1 is 1.26 bits per heavy atom. The lowest BCUT2D eigenvalue weighted by atomic mass is 10.1. The smallest absolute Gasteiger partial charge is 0.244 e. The summed E-state index contributed by atoms with van der Waals surface area (Å²) in [6, 6.07) is 9.38. The average Bonchev–Trinajstić information content (AvgIpc) is 2.74. The zero-order chi connectivity index (χ0) is 13.2. The van der Waals surface area contributed by atoms with E-state index in [4.69, 9.17) is 0 Å². The van der Waals surface area contributed by atoms with E-state index in [2.05, 4.69) is 15.6 Å². The number of benzene rings is 1. The first-order chi connectivity index (χ1) is 9.24. The Morgan fingerprint density at radius 3 is 2.89 bits per heavy atom. The molecule has 5 heteroatoms. The molecule has 1 saturated heterocycles. The molecule has 0 radical (unpaired) electrons. The number of amides is 2. The first kappa shape index (κ1) is 11.8. The van der Waals surface area contributed by atoms with Crippen molar-refractivity contribution in [1.82, 2.24) is 15.6 Å². The van der Waals surface area contributed by atoms with Gasteiger partial charge in [0.2, 0.25) is 11.8 Å². The molecular weight excluding hydrogens is 242 g/mol. The van der Waals surface area contributed by atoms with Crippen LogP contribution in [0.1, 0.15) is 12.0 Å². The van der Waals surface area contributed by atoms with E-state index in [0.717, 1.165) is 16.5 Å². The fraction of sp³-hybridized carbons (Fsp3) is 0.214. The summed E-state index contributed by atoms with van der Waals surface area (Å²) < 4.78 is 0. The number of carbonyl (C=O) groups excluding carboxylic acids is 2. The highest BCUT2D eigenvalue weighted by Crippen LogP contribution is 2.16. The highest BCUT2D eigenvalue weighted by atomic mass is 16.2. The molecule has 0 aliphatic carbocycles. The van der Waals surface area contributed by atoms with Gasteiger partial charge < -0.3 is 5.32 Å². The second-order valence-corrected chi connectivity index (χ2v) is 4.54. The van der Waals surface area contributed by atoms with Crippen molar-refractivity contribution in [3.63, 3.8) is 0 Å². The molecule has 2 aromatic rings. The monoisotopic (exact) mass is 255 g/mol. The maximum Gasteiger partial charge on any atom is 0.244 e. The van der Waals surface area contributed by atoms with Crippen molar-refractivity contribution in [3.8, 4) is 0 Å². The van der Waals surface area contributed by atoms with E-state index in [0.29, 0.717) is 6.54 Å². The van der Waals surface area contributed by atoms with Crippen LogP contribution in [-0.4, -0.2) is 22.8 Å². The number of carbonyl (C=O) groups is 2. The highest BCUT2D eigenvalue weighted by molar-refractivity contribution is 6.05. The number of nitrogens with one attached hydrogen (secondary N) is 2. The maximum absolute atomic E-state index is 11.5. The lowest BCUT2D eigenvalue weighted by Crippen LogP contribution is -2.35. The summed E-state index contributed by atoms with van der Waals surface area (Å²) >= 11 is 0. The highest BCUT2D eigenvalue weighted by Gasteiger charge is 2.29. The van der Waals surface area contributed by atoms with Gasteiger partial charge in [0.15, 0.2) is 0 Å². The summed E-state index contributed by atoms with van der Waals surface area (Å²) in [7, 11) is 0. The third kappa shape index (κ3) is 2.32. The van der Waals surface area contributed by atoms with Crippen LogP contribution < -0.4 is 10.6 Å². The van der Waals surface area contributed by atoms with Crippen molar-refractivity contribution in [2.45, 2.75) is 19.0 Å². The SMILES string of the molecule is O=C1CC(NCc2cccc3cccnc23)C(=O)N1. The van der Waals surface area contributed by atoms with E-state index in [1.165, 1.54) is 0 Å². The molecule has 2 heterocycles. The summed E-state index contributed by atoms with van der Waals surface area (Å²) in [5, 5.41) is 6.45. The van der Waals surface area contributed by atoms with E-state index < -0.39 is 6.04 Å². The molecule has 0 spiro atoms. The van der Waals surface area contributed by atoms with Crippen molar-refractivity contribution in [3.05, 3.63) is 42.1 Å². The minimum Gasteiger partial charge on any atom is -0.301 e. The summed E-state index contributed by atoms with van der Waals surface area (Å²) in [5.74, 6) is -0.475. The standard InChI is InChI=1S/C14H13N3O2/c18-12-7-11(14(19)17-12)16-8-10-4-1-3-9-5-2-6-15-13(9)10/h1-6,11,16H,7-8H2,(H,17,18,19). The zero-order valence-electron chi connectivity index (χ0n) is 10.2. The molecule has 0 saturated carbocycles. The Balaban J connectivity index is 1.79. The number of hydrogen-bond acceptors (Lipinski definition) is 4. The first-order valence-electron chi connectivity index (χ1n) is 6.14. The normalized spacial score (nSPS) is 18.8. The number of para-hydroxylation sites is 1. The molecule has 1 fully saturated rings. The molecule has 1 aliphatic rings. The molecule has 5 nitrogen and oxygen atoms in total. The largest absolute Gasteiger partial charge is 0.301 e. The van der Waals surface area contributed by atoms with Crippen LogP contribution in [0.15, 0.2) is 36.5 Å². The van der Waals surface area contributed by atoms with Gasteiger partial charge in [-0.15, -0.1) is 0 Å². The molecule has 1 atom stereocenters. The molecule has 96 valence electrons. The van der Waals surface area contributed by atoms with E-state index in [-0.39, 0.29) is 18.2 Å². The van der Waals surface area contributed by atoms with E-state index in [9.17, 15) is 9.59 Å². The molecule has 2 N–H and O–H groups in total. The second-order valence-electron chi connectivity index (χ2n) is 4.54. The van der Waals surface area contributed by atoms with Crippen LogP contribution in [-0.2, 0) is 16.1 Å². The van der Waals surface area contributed by atoms with Gasteiger partial charge in [0.05, 0.1) is 18.0 Å². The Labute approximate surface area is 110 Å². The van der Waals surface area contributed by atoms with Crippen molar-refractivity contribution in [1.29, 1.82) is 0 Å². The first-order valence-corrected chi connectivity index (χ1v) is 6.14. The van der Waals surface area contributed by atoms with Crippen molar-refractivity contribution in [2.75, 3.05) is 0 Å². The van der Waals surface area contributed by atoms with E-state index >= 15 is 0 Å². The predicted molar refractivity (Wildman–Crippen MR) is 70.1 cm³/mol. The molecule has 3 rings (SSSR count). The fourth-order valence-corrected chi connectivity index (χ4v) is 2.26. The fourth-order valence-electron chi connectivity index (χ4n) is 2.26. The molecule has 1 aromatic heterocycles. The number of aromatic nitrogens is 1. The number of nitrogens with zero attached hydrogens (tertiary/aromatic N) is 1. The molecule has 0 bridgehead atoms. The lowest BCUT2D eigenvalue weighted by Gasteiger charge is -2.10. The zero-order valence-corrected chi connectivity index (χ0v) is 10.2. The van der Waals surface area contributed by atoms with Crippen LogP contribution >= 0.6 is 0 Å². The summed E-state index contributed by atoms with van der Waals surface area (Å²) in [6.45, 7) is 0.514. The van der Waals surface area contributed by atoms with Crippen LogP contribution in [0.2, 0.25) is 0 Å². The molecule has 2 amide bonds. The quantitative estimate of drug-likeness (QED) is 0.794. The molecule has 1 aromatic carbocycles. The van der Waals surface area contributed by atoms with Gasteiger partial charge >= 0.3 is 0 Å². The number of pyridine rings is 1. The minimum atomic E-state index is -0.438. The Bertz CT molecular complexity index is 649. The van der Waals surface area contributed by atoms with Crippen LogP contribution in [0.5, 0.6) is 0 Å². The van der Waals surface area contributed by atoms with Crippen LogP contribution in [0.25, 0.3) is 10.9 Å². The van der Waals surface area contributed by atoms with Gasteiger partial charge in [-0.05, 0) is 11.6 Å². The summed E-state index contributed by atoms with van der Waals surface area (Å²) in [5.41, 5.74) is 1.94. The average molecular weight is 255 g/mol.